The predicted octanol–water partition coefficient (Wildman–Crippen LogP) is 2.68. The highest BCUT2D eigenvalue weighted by atomic mass is 35.5. The molecule has 0 amide bonds. The van der Waals surface area contributed by atoms with Crippen LogP contribution < -0.4 is 5.32 Å². The summed E-state index contributed by atoms with van der Waals surface area (Å²) in [5.74, 6) is 0. The number of aromatic nitrogens is 2. The van der Waals surface area contributed by atoms with Crippen LogP contribution in [0.5, 0.6) is 0 Å². The number of nitrogens with zero attached hydrogens (tertiary/aromatic N) is 1. The maximum Gasteiger partial charge on any atom is 0.0922 e. The summed E-state index contributed by atoms with van der Waals surface area (Å²) in [5.41, 5.74) is 2.05. The Kier molecular flexibility index (Phi) is 2.70. The zero-order chi connectivity index (χ0) is 9.80. The lowest BCUT2D eigenvalue weighted by Gasteiger charge is -2.04. The Morgan fingerprint density at radius 2 is 2.36 bits per heavy atom. The van der Waals surface area contributed by atoms with E-state index in [0.717, 1.165) is 22.9 Å². The van der Waals surface area contributed by atoms with E-state index in [9.17, 15) is 0 Å². The SMILES string of the molecule is Clc1cccc(NCc2cnc[nH]2)c1. The number of imidazole rings is 1. The van der Waals surface area contributed by atoms with E-state index in [-0.39, 0.29) is 0 Å². The monoisotopic (exact) mass is 207 g/mol. The molecule has 1 heterocycles. The number of aromatic amines is 1. The first-order chi connectivity index (χ1) is 6.84. The van der Waals surface area contributed by atoms with Crippen LogP contribution in [0.2, 0.25) is 5.02 Å². The van der Waals surface area contributed by atoms with Gasteiger partial charge in [-0.15, -0.1) is 0 Å². The van der Waals surface area contributed by atoms with Crippen molar-refractivity contribution in [2.75, 3.05) is 5.32 Å². The summed E-state index contributed by atoms with van der Waals surface area (Å²) >= 11 is 5.85. The fraction of sp³-hybridized carbons (Fsp3) is 0.100. The molecular formula is C10H10ClN3. The van der Waals surface area contributed by atoms with Gasteiger partial charge in [0.2, 0.25) is 0 Å². The van der Waals surface area contributed by atoms with Crippen LogP contribution in [0.25, 0.3) is 0 Å². The van der Waals surface area contributed by atoms with Crippen LogP contribution in [-0.4, -0.2) is 9.97 Å². The van der Waals surface area contributed by atoms with E-state index in [1.807, 2.05) is 24.3 Å². The van der Waals surface area contributed by atoms with Gasteiger partial charge in [0.25, 0.3) is 0 Å². The van der Waals surface area contributed by atoms with Crippen LogP contribution in [0.4, 0.5) is 5.69 Å². The standard InChI is InChI=1S/C10H10ClN3/c11-8-2-1-3-9(4-8)13-6-10-5-12-7-14-10/h1-5,7,13H,6H2,(H,12,14). The fourth-order valence-corrected chi connectivity index (χ4v) is 1.37. The highest BCUT2D eigenvalue weighted by Gasteiger charge is 1.95. The topological polar surface area (TPSA) is 40.7 Å². The van der Waals surface area contributed by atoms with Gasteiger partial charge in [-0.3, -0.25) is 0 Å². The Balaban J connectivity index is 1.98. The number of hydrogen-bond acceptors (Lipinski definition) is 2. The normalized spacial score (nSPS) is 10.1. The van der Waals surface area contributed by atoms with Gasteiger partial charge < -0.3 is 10.3 Å². The summed E-state index contributed by atoms with van der Waals surface area (Å²) in [7, 11) is 0. The molecule has 0 atom stereocenters. The molecule has 0 aliphatic carbocycles. The lowest BCUT2D eigenvalue weighted by Crippen LogP contribution is -1.98. The second-order valence-electron chi connectivity index (χ2n) is 2.94. The Morgan fingerprint density at radius 3 is 3.07 bits per heavy atom. The average molecular weight is 208 g/mol. The van der Waals surface area contributed by atoms with Gasteiger partial charge in [0.1, 0.15) is 0 Å². The van der Waals surface area contributed by atoms with Gasteiger partial charge in [0, 0.05) is 16.9 Å². The smallest absolute Gasteiger partial charge is 0.0922 e. The quantitative estimate of drug-likeness (QED) is 0.813. The molecule has 2 N–H and O–H groups in total. The third-order valence-electron chi connectivity index (χ3n) is 1.86. The molecule has 0 bridgehead atoms. The highest BCUT2D eigenvalue weighted by molar-refractivity contribution is 6.30. The third-order valence-corrected chi connectivity index (χ3v) is 2.10. The van der Waals surface area contributed by atoms with Gasteiger partial charge in [0.15, 0.2) is 0 Å². The van der Waals surface area contributed by atoms with Crippen molar-refractivity contribution in [3.63, 3.8) is 0 Å². The number of benzene rings is 1. The van der Waals surface area contributed by atoms with Gasteiger partial charge in [-0.2, -0.15) is 0 Å². The van der Waals surface area contributed by atoms with Crippen molar-refractivity contribution in [1.29, 1.82) is 0 Å². The van der Waals surface area contributed by atoms with Crippen LogP contribution in [0.3, 0.4) is 0 Å². The van der Waals surface area contributed by atoms with Gasteiger partial charge in [-0.1, -0.05) is 17.7 Å². The molecule has 2 rings (SSSR count). The Hall–Kier alpha value is -1.48. The van der Waals surface area contributed by atoms with Gasteiger partial charge in [-0.05, 0) is 18.2 Å². The van der Waals surface area contributed by atoms with E-state index in [0.29, 0.717) is 0 Å². The largest absolute Gasteiger partial charge is 0.379 e. The molecule has 72 valence electrons. The molecule has 4 heteroatoms. The molecule has 0 saturated heterocycles. The summed E-state index contributed by atoms with van der Waals surface area (Å²) in [6.07, 6.45) is 3.45. The van der Waals surface area contributed by atoms with Crippen molar-refractivity contribution in [3.05, 3.63) is 47.5 Å². The second-order valence-corrected chi connectivity index (χ2v) is 3.38. The maximum absolute atomic E-state index is 5.85. The molecule has 1 aromatic carbocycles. The molecule has 0 fully saturated rings. The molecule has 3 nitrogen and oxygen atoms in total. The molecular weight excluding hydrogens is 198 g/mol. The molecule has 0 saturated carbocycles. The van der Waals surface area contributed by atoms with Crippen molar-refractivity contribution in [3.8, 4) is 0 Å². The Morgan fingerprint density at radius 1 is 1.43 bits per heavy atom. The van der Waals surface area contributed by atoms with Gasteiger partial charge in [-0.25, -0.2) is 4.98 Å². The van der Waals surface area contributed by atoms with Crippen LogP contribution in [-0.2, 0) is 6.54 Å². The minimum Gasteiger partial charge on any atom is -0.379 e. The molecule has 0 aliphatic heterocycles. The molecule has 1 aromatic heterocycles. The summed E-state index contributed by atoms with van der Waals surface area (Å²) < 4.78 is 0. The lowest BCUT2D eigenvalue weighted by atomic mass is 10.3. The Bertz CT molecular complexity index is 398. The second kappa shape index (κ2) is 4.15. The summed E-state index contributed by atoms with van der Waals surface area (Å²) in [5, 5.41) is 3.97. The van der Waals surface area contributed by atoms with E-state index in [1.165, 1.54) is 0 Å². The molecule has 14 heavy (non-hydrogen) atoms. The van der Waals surface area contributed by atoms with Crippen molar-refractivity contribution < 1.29 is 0 Å². The summed E-state index contributed by atoms with van der Waals surface area (Å²) in [4.78, 5) is 6.95. The van der Waals surface area contributed by atoms with Gasteiger partial charge >= 0.3 is 0 Å². The lowest BCUT2D eigenvalue weighted by molar-refractivity contribution is 1.07. The molecule has 0 aliphatic rings. The Labute approximate surface area is 87.1 Å². The summed E-state index contributed by atoms with van der Waals surface area (Å²) in [6, 6.07) is 7.63. The minimum absolute atomic E-state index is 0.723. The molecule has 0 radical (unpaired) electrons. The zero-order valence-corrected chi connectivity index (χ0v) is 8.25. The fourth-order valence-electron chi connectivity index (χ4n) is 1.18. The summed E-state index contributed by atoms with van der Waals surface area (Å²) in [6.45, 7) is 0.723. The van der Waals surface area contributed by atoms with Crippen molar-refractivity contribution in [2.24, 2.45) is 0 Å². The van der Waals surface area contributed by atoms with Crippen molar-refractivity contribution in [1.82, 2.24) is 9.97 Å². The number of rotatable bonds is 3. The van der Waals surface area contributed by atoms with Crippen LogP contribution in [0.15, 0.2) is 36.8 Å². The van der Waals surface area contributed by atoms with E-state index < -0.39 is 0 Å². The number of anilines is 1. The van der Waals surface area contributed by atoms with Crippen LogP contribution >= 0.6 is 11.6 Å². The number of H-pyrrole nitrogens is 1. The maximum atomic E-state index is 5.85. The number of nitrogens with one attached hydrogen (secondary N) is 2. The first kappa shape index (κ1) is 9.09. The molecule has 0 spiro atoms. The van der Waals surface area contributed by atoms with E-state index in [2.05, 4.69) is 15.3 Å². The van der Waals surface area contributed by atoms with E-state index in [1.54, 1.807) is 12.5 Å². The van der Waals surface area contributed by atoms with Crippen molar-refractivity contribution in [2.45, 2.75) is 6.54 Å². The predicted molar refractivity (Wildman–Crippen MR) is 57.4 cm³/mol. The number of halogens is 1. The third kappa shape index (κ3) is 2.26. The van der Waals surface area contributed by atoms with Crippen molar-refractivity contribution >= 4 is 17.3 Å². The first-order valence-electron chi connectivity index (χ1n) is 4.31. The molecule has 0 unspecified atom stereocenters. The zero-order valence-electron chi connectivity index (χ0n) is 7.50. The van der Waals surface area contributed by atoms with Gasteiger partial charge in [0.05, 0.1) is 18.6 Å². The number of hydrogen-bond donors (Lipinski definition) is 2. The van der Waals surface area contributed by atoms with E-state index >= 15 is 0 Å². The average Bonchev–Trinajstić information content (AvgIpc) is 2.67. The molecule has 2 aromatic rings. The minimum atomic E-state index is 0.723. The van der Waals surface area contributed by atoms with E-state index in [4.69, 9.17) is 11.6 Å². The van der Waals surface area contributed by atoms with Crippen LogP contribution in [0, 0.1) is 0 Å². The van der Waals surface area contributed by atoms with Crippen LogP contribution in [0.1, 0.15) is 5.69 Å². The first-order valence-corrected chi connectivity index (χ1v) is 4.69. The highest BCUT2D eigenvalue weighted by Crippen LogP contribution is 2.15.